The lowest BCUT2D eigenvalue weighted by Gasteiger charge is -2.38. The van der Waals surface area contributed by atoms with Crippen LogP contribution in [-0.4, -0.2) is 30.6 Å². The molecule has 0 bridgehead atoms. The number of likely N-dealkylation sites (tertiary alicyclic amines) is 1. The van der Waals surface area contributed by atoms with Gasteiger partial charge in [-0.1, -0.05) is 23.8 Å². The molecule has 0 spiro atoms. The molecule has 2 atom stereocenters. The number of nitrogens with one attached hydrogen (secondary N) is 1. The topological polar surface area (TPSA) is 15.3 Å². The quantitative estimate of drug-likeness (QED) is 0.908. The van der Waals surface area contributed by atoms with Gasteiger partial charge in [0.2, 0.25) is 0 Å². The van der Waals surface area contributed by atoms with E-state index in [1.165, 1.54) is 62.0 Å². The van der Waals surface area contributed by atoms with Gasteiger partial charge in [0.1, 0.15) is 0 Å². The number of rotatable bonds is 3. The Morgan fingerprint density at radius 3 is 2.52 bits per heavy atom. The van der Waals surface area contributed by atoms with Crippen LogP contribution in [0.1, 0.15) is 55.3 Å². The summed E-state index contributed by atoms with van der Waals surface area (Å²) in [4.78, 5) is 2.68. The van der Waals surface area contributed by atoms with Crippen LogP contribution < -0.4 is 5.32 Å². The average molecular weight is 286 g/mol. The molecule has 0 saturated carbocycles. The van der Waals surface area contributed by atoms with Crippen molar-refractivity contribution in [2.24, 2.45) is 5.92 Å². The zero-order valence-corrected chi connectivity index (χ0v) is 13.9. The third-order valence-electron chi connectivity index (χ3n) is 5.66. The van der Waals surface area contributed by atoms with Crippen molar-refractivity contribution in [1.29, 1.82) is 0 Å². The predicted molar refractivity (Wildman–Crippen MR) is 89.7 cm³/mol. The van der Waals surface area contributed by atoms with Gasteiger partial charge in [-0.05, 0) is 83.1 Å². The molecule has 2 aliphatic rings. The number of hydrogen-bond donors (Lipinski definition) is 1. The van der Waals surface area contributed by atoms with Crippen molar-refractivity contribution in [3.63, 3.8) is 0 Å². The number of nitrogens with zero attached hydrogens (tertiary/aromatic N) is 1. The van der Waals surface area contributed by atoms with Crippen LogP contribution in [0.15, 0.2) is 18.2 Å². The zero-order chi connectivity index (χ0) is 14.8. The third kappa shape index (κ3) is 3.32. The molecule has 0 aromatic heterocycles. The molecule has 2 aliphatic heterocycles. The van der Waals surface area contributed by atoms with Gasteiger partial charge in [0.25, 0.3) is 0 Å². The van der Waals surface area contributed by atoms with Gasteiger partial charge < -0.3 is 5.32 Å². The Bertz CT molecular complexity index is 468. The summed E-state index contributed by atoms with van der Waals surface area (Å²) < 4.78 is 0. The molecule has 2 saturated heterocycles. The van der Waals surface area contributed by atoms with Gasteiger partial charge in [-0.3, -0.25) is 4.90 Å². The molecular weight excluding hydrogens is 256 g/mol. The summed E-state index contributed by atoms with van der Waals surface area (Å²) in [7, 11) is 0. The fourth-order valence-electron chi connectivity index (χ4n) is 4.31. The fourth-order valence-corrected chi connectivity index (χ4v) is 4.31. The van der Waals surface area contributed by atoms with E-state index < -0.39 is 0 Å². The van der Waals surface area contributed by atoms with Crippen LogP contribution in [-0.2, 0) is 0 Å². The van der Waals surface area contributed by atoms with Gasteiger partial charge in [0, 0.05) is 12.1 Å². The first-order valence-electron chi connectivity index (χ1n) is 8.70. The highest BCUT2D eigenvalue weighted by Crippen LogP contribution is 2.31. The second-order valence-corrected chi connectivity index (χ2v) is 7.11. The predicted octanol–water partition coefficient (Wildman–Crippen LogP) is 3.83. The first-order valence-corrected chi connectivity index (χ1v) is 8.70. The Kier molecular flexibility index (Phi) is 4.66. The van der Waals surface area contributed by atoms with Crippen LogP contribution in [0.25, 0.3) is 0 Å². The van der Waals surface area contributed by atoms with E-state index in [4.69, 9.17) is 0 Å². The molecular formula is C19H30N2. The monoisotopic (exact) mass is 286 g/mol. The second-order valence-electron chi connectivity index (χ2n) is 7.11. The lowest BCUT2D eigenvalue weighted by Crippen LogP contribution is -2.41. The van der Waals surface area contributed by atoms with E-state index in [1.54, 1.807) is 0 Å². The first-order chi connectivity index (χ1) is 10.1. The standard InChI is InChI=1S/C19H30N2/c1-14-6-7-18(15(2)13-14)16(3)21-11-8-17(9-12-21)19-5-4-10-20-19/h6-7,13,16-17,19-20H,4-5,8-12H2,1-3H3. The summed E-state index contributed by atoms with van der Waals surface area (Å²) in [5.74, 6) is 0.912. The summed E-state index contributed by atoms with van der Waals surface area (Å²) in [5, 5.41) is 3.70. The summed E-state index contributed by atoms with van der Waals surface area (Å²) in [6, 6.07) is 8.28. The molecule has 116 valence electrons. The molecule has 0 radical (unpaired) electrons. The third-order valence-corrected chi connectivity index (χ3v) is 5.66. The van der Waals surface area contributed by atoms with E-state index in [1.807, 2.05) is 0 Å². The van der Waals surface area contributed by atoms with Crippen molar-refractivity contribution in [3.05, 3.63) is 34.9 Å². The van der Waals surface area contributed by atoms with E-state index in [0.29, 0.717) is 6.04 Å². The van der Waals surface area contributed by atoms with Gasteiger partial charge in [-0.25, -0.2) is 0 Å². The highest BCUT2D eigenvalue weighted by Gasteiger charge is 2.30. The molecule has 3 rings (SSSR count). The van der Waals surface area contributed by atoms with Gasteiger partial charge in [0.15, 0.2) is 0 Å². The fraction of sp³-hybridized carbons (Fsp3) is 0.684. The highest BCUT2D eigenvalue weighted by molar-refractivity contribution is 5.32. The van der Waals surface area contributed by atoms with Gasteiger partial charge in [-0.2, -0.15) is 0 Å². The molecule has 1 aromatic rings. The number of hydrogen-bond acceptors (Lipinski definition) is 2. The Morgan fingerprint density at radius 1 is 1.14 bits per heavy atom. The van der Waals surface area contributed by atoms with Crippen molar-refractivity contribution >= 4 is 0 Å². The van der Waals surface area contributed by atoms with E-state index in [9.17, 15) is 0 Å². The molecule has 0 amide bonds. The van der Waals surface area contributed by atoms with Crippen LogP contribution in [0.5, 0.6) is 0 Å². The maximum absolute atomic E-state index is 3.70. The van der Waals surface area contributed by atoms with Gasteiger partial charge >= 0.3 is 0 Å². The van der Waals surface area contributed by atoms with E-state index in [-0.39, 0.29) is 0 Å². The Labute approximate surface area is 129 Å². The van der Waals surface area contributed by atoms with Crippen molar-refractivity contribution in [1.82, 2.24) is 10.2 Å². The molecule has 1 aromatic carbocycles. The second kappa shape index (κ2) is 6.50. The van der Waals surface area contributed by atoms with E-state index >= 15 is 0 Å². The molecule has 2 heteroatoms. The smallest absolute Gasteiger partial charge is 0.0322 e. The Balaban J connectivity index is 1.60. The minimum absolute atomic E-state index is 0.558. The molecule has 2 nitrogen and oxygen atoms in total. The van der Waals surface area contributed by atoms with Crippen LogP contribution >= 0.6 is 0 Å². The van der Waals surface area contributed by atoms with Crippen LogP contribution in [0.4, 0.5) is 0 Å². The molecule has 2 unspecified atom stereocenters. The number of piperidine rings is 1. The molecule has 21 heavy (non-hydrogen) atoms. The molecule has 2 heterocycles. The minimum atomic E-state index is 0.558. The van der Waals surface area contributed by atoms with Crippen molar-refractivity contribution in [3.8, 4) is 0 Å². The molecule has 1 N–H and O–H groups in total. The molecule has 0 aliphatic carbocycles. The Morgan fingerprint density at radius 2 is 1.90 bits per heavy atom. The van der Waals surface area contributed by atoms with Crippen LogP contribution in [0.3, 0.4) is 0 Å². The Hall–Kier alpha value is -0.860. The molecule has 2 fully saturated rings. The van der Waals surface area contributed by atoms with Gasteiger partial charge in [0.05, 0.1) is 0 Å². The van der Waals surface area contributed by atoms with Crippen LogP contribution in [0, 0.1) is 19.8 Å². The summed E-state index contributed by atoms with van der Waals surface area (Å²) >= 11 is 0. The SMILES string of the molecule is Cc1ccc(C(C)N2CCC(C3CCCN3)CC2)c(C)c1. The normalized spacial score (nSPS) is 26.1. The maximum atomic E-state index is 3.70. The average Bonchev–Trinajstić information content (AvgIpc) is 3.01. The van der Waals surface area contributed by atoms with Crippen molar-refractivity contribution in [2.45, 2.75) is 58.5 Å². The summed E-state index contributed by atoms with van der Waals surface area (Å²) in [5.41, 5.74) is 4.33. The minimum Gasteiger partial charge on any atom is -0.314 e. The summed E-state index contributed by atoms with van der Waals surface area (Å²) in [6.45, 7) is 10.6. The summed E-state index contributed by atoms with van der Waals surface area (Å²) in [6.07, 6.45) is 5.51. The maximum Gasteiger partial charge on any atom is 0.0322 e. The zero-order valence-electron chi connectivity index (χ0n) is 13.9. The van der Waals surface area contributed by atoms with Crippen molar-refractivity contribution < 1.29 is 0 Å². The largest absolute Gasteiger partial charge is 0.314 e. The number of aryl methyl sites for hydroxylation is 2. The van der Waals surface area contributed by atoms with E-state index in [2.05, 4.69) is 49.2 Å². The lowest BCUT2D eigenvalue weighted by atomic mass is 9.87. The van der Waals surface area contributed by atoms with E-state index in [0.717, 1.165) is 12.0 Å². The lowest BCUT2D eigenvalue weighted by molar-refractivity contribution is 0.126. The van der Waals surface area contributed by atoms with Crippen LogP contribution in [0.2, 0.25) is 0 Å². The van der Waals surface area contributed by atoms with Gasteiger partial charge in [-0.15, -0.1) is 0 Å². The highest BCUT2D eigenvalue weighted by atomic mass is 15.2. The first kappa shape index (κ1) is 15.1. The number of benzene rings is 1. The van der Waals surface area contributed by atoms with Crippen molar-refractivity contribution in [2.75, 3.05) is 19.6 Å².